The first-order valence-corrected chi connectivity index (χ1v) is 9.68. The van der Waals surface area contributed by atoms with E-state index >= 15 is 0 Å². The first-order chi connectivity index (χ1) is 13.2. The molecule has 1 aromatic heterocycles. The molecule has 3 rings (SSSR count). The van der Waals surface area contributed by atoms with Crippen molar-refractivity contribution < 1.29 is 9.15 Å². The monoisotopic (exact) mass is 396 g/mol. The van der Waals surface area contributed by atoms with E-state index < -0.39 is 0 Å². The fraction of sp³-hybridized carbons (Fsp3) is 0.136. The van der Waals surface area contributed by atoms with E-state index in [-0.39, 0.29) is 5.63 Å². The van der Waals surface area contributed by atoms with Crippen molar-refractivity contribution in [3.8, 4) is 17.6 Å². The third-order valence-electron chi connectivity index (χ3n) is 3.74. The minimum absolute atomic E-state index is 0.291. The first kappa shape index (κ1) is 19.2. The van der Waals surface area contributed by atoms with Crippen molar-refractivity contribution in [3.05, 3.63) is 82.2 Å². The number of hydrogen-bond donors (Lipinski definition) is 0. The van der Waals surface area contributed by atoms with Crippen LogP contribution in [0.5, 0.6) is 5.75 Å². The summed E-state index contributed by atoms with van der Waals surface area (Å²) >= 11 is 7.36. The molecular formula is C22H17ClO3S. The molecule has 0 saturated heterocycles. The lowest BCUT2D eigenvalue weighted by Gasteiger charge is -2.08. The van der Waals surface area contributed by atoms with Crippen LogP contribution in [0.25, 0.3) is 11.0 Å². The summed E-state index contributed by atoms with van der Waals surface area (Å²) < 4.78 is 11.0. The smallest absolute Gasteiger partial charge is 0.340 e. The first-order valence-electron chi connectivity index (χ1n) is 8.31. The Bertz CT molecular complexity index is 1060. The highest BCUT2D eigenvalue weighted by Gasteiger charge is 2.13. The molecule has 0 aliphatic rings. The Hall–Kier alpha value is -2.61. The van der Waals surface area contributed by atoms with Crippen molar-refractivity contribution in [3.63, 3.8) is 0 Å². The number of benzene rings is 2. The summed E-state index contributed by atoms with van der Waals surface area (Å²) in [5, 5.41) is 1.58. The maximum atomic E-state index is 12.3. The summed E-state index contributed by atoms with van der Waals surface area (Å²) in [6.07, 6.45) is 2.17. The number of hydrogen-bond acceptors (Lipinski definition) is 4. The minimum Gasteiger partial charge on any atom is -0.481 e. The molecule has 0 atom stereocenters. The van der Waals surface area contributed by atoms with Gasteiger partial charge in [0.25, 0.3) is 0 Å². The number of fused-ring (bicyclic) bond motifs is 1. The van der Waals surface area contributed by atoms with Gasteiger partial charge in [-0.1, -0.05) is 47.7 Å². The molecular weight excluding hydrogens is 380 g/mol. The van der Waals surface area contributed by atoms with Crippen LogP contribution in [0.15, 0.2) is 75.3 Å². The summed E-state index contributed by atoms with van der Waals surface area (Å²) in [7, 11) is 0. The second-order valence-electron chi connectivity index (χ2n) is 5.57. The van der Waals surface area contributed by atoms with Gasteiger partial charge in [-0.25, -0.2) is 4.79 Å². The Labute approximate surface area is 167 Å². The van der Waals surface area contributed by atoms with Crippen LogP contribution >= 0.6 is 23.4 Å². The lowest BCUT2D eigenvalue weighted by atomic mass is 10.1. The van der Waals surface area contributed by atoms with Crippen LogP contribution in [0.4, 0.5) is 0 Å². The number of thioether (sulfide) groups is 1. The quantitative estimate of drug-likeness (QED) is 0.244. The molecule has 3 aromatic rings. The summed E-state index contributed by atoms with van der Waals surface area (Å²) in [6.45, 7) is 4.02. The highest BCUT2D eigenvalue weighted by atomic mass is 35.5. The van der Waals surface area contributed by atoms with Gasteiger partial charge >= 0.3 is 5.63 Å². The average molecular weight is 397 g/mol. The van der Waals surface area contributed by atoms with Crippen LogP contribution in [-0.4, -0.2) is 12.4 Å². The number of rotatable bonds is 6. The molecule has 0 fully saturated rings. The zero-order chi connectivity index (χ0) is 19.1. The Morgan fingerprint density at radius 2 is 1.93 bits per heavy atom. The zero-order valence-corrected chi connectivity index (χ0v) is 16.1. The predicted molar refractivity (Wildman–Crippen MR) is 112 cm³/mol. The molecule has 0 spiro atoms. The average Bonchev–Trinajstić information content (AvgIpc) is 2.68. The van der Waals surface area contributed by atoms with Gasteiger partial charge in [-0.15, -0.1) is 18.3 Å². The predicted octanol–water partition coefficient (Wildman–Crippen LogP) is 5.35. The topological polar surface area (TPSA) is 39.4 Å². The van der Waals surface area contributed by atoms with E-state index in [1.165, 1.54) is 11.8 Å². The molecule has 0 saturated carbocycles. The molecule has 0 unspecified atom stereocenters. The molecule has 0 amide bonds. The lowest BCUT2D eigenvalue weighted by molar-refractivity contribution is 0.370. The highest BCUT2D eigenvalue weighted by Crippen LogP contribution is 2.29. The second-order valence-corrected chi connectivity index (χ2v) is 6.99. The normalized spacial score (nSPS) is 10.3. The van der Waals surface area contributed by atoms with Gasteiger partial charge in [-0.2, -0.15) is 0 Å². The van der Waals surface area contributed by atoms with Gasteiger partial charge < -0.3 is 9.15 Å². The molecule has 5 heteroatoms. The zero-order valence-electron chi connectivity index (χ0n) is 14.5. The van der Waals surface area contributed by atoms with E-state index in [0.29, 0.717) is 34.9 Å². The molecule has 0 aliphatic carbocycles. The maximum Gasteiger partial charge on any atom is 0.340 e. The molecule has 136 valence electrons. The van der Waals surface area contributed by atoms with E-state index in [4.69, 9.17) is 20.8 Å². The van der Waals surface area contributed by atoms with Gasteiger partial charge in [-0.3, -0.25) is 0 Å². The summed E-state index contributed by atoms with van der Waals surface area (Å²) in [5.41, 5.74) is 0.875. The van der Waals surface area contributed by atoms with Gasteiger partial charge in [0.05, 0.1) is 11.3 Å². The van der Waals surface area contributed by atoms with Crippen LogP contribution in [0.1, 0.15) is 5.56 Å². The van der Waals surface area contributed by atoms with Crippen molar-refractivity contribution in [2.75, 3.05) is 12.4 Å². The minimum atomic E-state index is -0.324. The van der Waals surface area contributed by atoms with Crippen LogP contribution in [-0.2, 0) is 6.42 Å². The standard InChI is InChI=1S/C22H17ClO3S/c1-2-7-19-21(18-8-3-4-9-20(18)26-22(19)24)27-15-6-5-14-25-17-12-10-16(23)11-13-17/h2-4,8-13H,1,7,14-15H2. The SMILES string of the molecule is C=CCc1c(SCC#CCOc2ccc(Cl)cc2)c2ccccc2oc1=O. The molecule has 0 N–H and O–H groups in total. The molecule has 2 aromatic carbocycles. The summed E-state index contributed by atoms with van der Waals surface area (Å²) in [4.78, 5) is 13.2. The number of halogens is 1. The second kappa shape index (κ2) is 9.36. The fourth-order valence-corrected chi connectivity index (χ4v) is 3.62. The van der Waals surface area contributed by atoms with Gasteiger partial charge in [0.2, 0.25) is 0 Å². The summed E-state index contributed by atoms with van der Waals surface area (Å²) in [5.74, 6) is 7.32. The highest BCUT2D eigenvalue weighted by molar-refractivity contribution is 7.99. The molecule has 3 nitrogen and oxygen atoms in total. The van der Waals surface area contributed by atoms with Crippen molar-refractivity contribution in [2.24, 2.45) is 0 Å². The lowest BCUT2D eigenvalue weighted by Crippen LogP contribution is -2.09. The van der Waals surface area contributed by atoms with Crippen LogP contribution in [0.2, 0.25) is 5.02 Å². The van der Waals surface area contributed by atoms with Gasteiger partial charge in [0, 0.05) is 15.3 Å². The van der Waals surface area contributed by atoms with Crippen molar-refractivity contribution >= 4 is 34.3 Å². The van der Waals surface area contributed by atoms with Crippen LogP contribution in [0, 0.1) is 11.8 Å². The Kier molecular flexibility index (Phi) is 6.64. The molecule has 0 radical (unpaired) electrons. The Morgan fingerprint density at radius 1 is 1.15 bits per heavy atom. The largest absolute Gasteiger partial charge is 0.481 e. The maximum absolute atomic E-state index is 12.3. The van der Waals surface area contributed by atoms with E-state index in [1.807, 2.05) is 18.2 Å². The molecule has 27 heavy (non-hydrogen) atoms. The van der Waals surface area contributed by atoms with Crippen LogP contribution in [0.3, 0.4) is 0 Å². The third-order valence-corrected chi connectivity index (χ3v) is 5.04. The number of ether oxygens (including phenoxy) is 1. The third kappa shape index (κ3) is 4.97. The molecule has 0 bridgehead atoms. The Morgan fingerprint density at radius 3 is 2.70 bits per heavy atom. The van der Waals surface area contributed by atoms with E-state index in [1.54, 1.807) is 36.4 Å². The molecule has 0 aliphatic heterocycles. The Balaban J connectivity index is 1.69. The van der Waals surface area contributed by atoms with Crippen LogP contribution < -0.4 is 10.4 Å². The van der Waals surface area contributed by atoms with Crippen molar-refractivity contribution in [2.45, 2.75) is 11.3 Å². The van der Waals surface area contributed by atoms with E-state index in [0.717, 1.165) is 16.0 Å². The van der Waals surface area contributed by atoms with E-state index in [9.17, 15) is 4.79 Å². The van der Waals surface area contributed by atoms with Crippen molar-refractivity contribution in [1.82, 2.24) is 0 Å². The fourth-order valence-electron chi connectivity index (χ4n) is 2.51. The molecule has 1 heterocycles. The van der Waals surface area contributed by atoms with Gasteiger partial charge in [-0.05, 0) is 36.8 Å². The van der Waals surface area contributed by atoms with Gasteiger partial charge in [0.15, 0.2) is 0 Å². The summed E-state index contributed by atoms with van der Waals surface area (Å²) in [6, 6.07) is 14.7. The number of allylic oxidation sites excluding steroid dienone is 1. The number of para-hydroxylation sites is 1. The van der Waals surface area contributed by atoms with Gasteiger partial charge in [0.1, 0.15) is 17.9 Å². The van der Waals surface area contributed by atoms with E-state index in [2.05, 4.69) is 18.4 Å². The van der Waals surface area contributed by atoms with Crippen molar-refractivity contribution in [1.29, 1.82) is 0 Å².